The first kappa shape index (κ1) is 48.2. The van der Waals surface area contributed by atoms with Crippen molar-refractivity contribution < 1.29 is 24.2 Å². The molecule has 1 saturated heterocycles. The third-order valence-electron chi connectivity index (χ3n) is 10.8. The minimum Gasteiger partial charge on any atom is -0.465 e. The van der Waals surface area contributed by atoms with Crippen molar-refractivity contribution in [3.63, 3.8) is 0 Å². The van der Waals surface area contributed by atoms with E-state index in [0.717, 1.165) is 76.8 Å². The van der Waals surface area contributed by atoms with Crippen LogP contribution in [-0.4, -0.2) is 72.4 Å². The van der Waals surface area contributed by atoms with Crippen molar-refractivity contribution in [2.75, 3.05) is 45.2 Å². The van der Waals surface area contributed by atoms with Gasteiger partial charge in [-0.15, -0.1) is 0 Å². The molecule has 1 heterocycles. The van der Waals surface area contributed by atoms with Crippen LogP contribution in [0.4, 0.5) is 0 Å². The number of esters is 2. The van der Waals surface area contributed by atoms with Gasteiger partial charge in [0.15, 0.2) is 0 Å². The molecule has 0 radical (unpaired) electrons. The summed E-state index contributed by atoms with van der Waals surface area (Å²) >= 11 is 1.99. The number of aliphatic hydroxyl groups is 1. The number of hydrogen-bond donors (Lipinski definition) is 1. The molecule has 0 spiro atoms. The Hall–Kier alpha value is -0.790. The Morgan fingerprint density at radius 1 is 0.667 bits per heavy atom. The van der Waals surface area contributed by atoms with Gasteiger partial charge in [-0.1, -0.05) is 156 Å². The van der Waals surface area contributed by atoms with E-state index in [2.05, 4.69) is 25.7 Å². The Kier molecular flexibility index (Phi) is 34.2. The Morgan fingerprint density at radius 3 is 1.84 bits per heavy atom. The molecule has 3 atom stereocenters. The smallest absolute Gasteiger partial charge is 0.310 e. The molecule has 0 aliphatic carbocycles. The summed E-state index contributed by atoms with van der Waals surface area (Å²) in [5, 5.41) is 9.62. The lowest BCUT2D eigenvalue weighted by molar-refractivity contribution is -0.150. The molecule has 0 aromatic carbocycles. The molecule has 1 fully saturated rings. The highest BCUT2D eigenvalue weighted by molar-refractivity contribution is 7.99. The quantitative estimate of drug-likeness (QED) is 0.0502. The van der Waals surface area contributed by atoms with Crippen LogP contribution in [0.3, 0.4) is 0 Å². The highest BCUT2D eigenvalue weighted by atomic mass is 32.2. The molecule has 0 amide bonds. The molecule has 1 aliphatic heterocycles. The summed E-state index contributed by atoms with van der Waals surface area (Å²) in [6, 6.07) is 0. The van der Waals surface area contributed by atoms with Crippen LogP contribution in [0.1, 0.15) is 207 Å². The Labute approximate surface area is 321 Å². The number of likely N-dealkylation sites (tertiary alicyclic amines) is 1. The summed E-state index contributed by atoms with van der Waals surface area (Å²) < 4.78 is 11.5. The molecule has 3 unspecified atom stereocenters. The fourth-order valence-electron chi connectivity index (χ4n) is 7.40. The van der Waals surface area contributed by atoms with E-state index in [1.54, 1.807) is 0 Å². The van der Waals surface area contributed by atoms with Gasteiger partial charge in [0.25, 0.3) is 0 Å². The maximum Gasteiger partial charge on any atom is 0.310 e. The molecule has 1 aliphatic rings. The fraction of sp³-hybridized carbons (Fsp3) is 0.955. The van der Waals surface area contributed by atoms with Gasteiger partial charge in [-0.05, 0) is 63.2 Å². The van der Waals surface area contributed by atoms with Crippen molar-refractivity contribution in [1.29, 1.82) is 0 Å². The first-order chi connectivity index (χ1) is 25.0. The van der Waals surface area contributed by atoms with Gasteiger partial charge in [-0.2, -0.15) is 11.8 Å². The van der Waals surface area contributed by atoms with E-state index in [0.29, 0.717) is 30.8 Å². The average molecular weight is 740 g/mol. The van der Waals surface area contributed by atoms with Gasteiger partial charge >= 0.3 is 11.9 Å². The first-order valence-corrected chi connectivity index (χ1v) is 23.4. The SMILES string of the molecule is CCCCCCCCCCCCCSC1CN(CCCO)CCC1C(=O)OCCCCCCCCCC(=O)OCC(CCCC)CCCCCC. The van der Waals surface area contributed by atoms with Gasteiger partial charge in [-0.25, -0.2) is 0 Å². The third kappa shape index (κ3) is 28.3. The lowest BCUT2D eigenvalue weighted by Crippen LogP contribution is -2.46. The molecule has 51 heavy (non-hydrogen) atoms. The second kappa shape index (κ2) is 36.2. The zero-order valence-electron chi connectivity index (χ0n) is 34.1. The van der Waals surface area contributed by atoms with Gasteiger partial charge in [0.1, 0.15) is 0 Å². The molecule has 0 aromatic heterocycles. The molecule has 302 valence electrons. The number of piperidine rings is 1. The predicted molar refractivity (Wildman–Crippen MR) is 220 cm³/mol. The second-order valence-electron chi connectivity index (χ2n) is 15.7. The van der Waals surface area contributed by atoms with Crippen molar-refractivity contribution in [3.8, 4) is 0 Å². The Balaban J connectivity index is 2.17. The lowest BCUT2D eigenvalue weighted by Gasteiger charge is -2.37. The zero-order chi connectivity index (χ0) is 37.0. The molecule has 1 N–H and O–H groups in total. The molecule has 0 saturated carbocycles. The number of unbranched alkanes of at least 4 members (excludes halogenated alkanes) is 20. The van der Waals surface area contributed by atoms with Crippen molar-refractivity contribution in [2.45, 2.75) is 212 Å². The van der Waals surface area contributed by atoms with E-state index in [4.69, 9.17) is 9.47 Å². The summed E-state index contributed by atoms with van der Waals surface area (Å²) in [7, 11) is 0. The molecule has 1 rings (SSSR count). The Morgan fingerprint density at radius 2 is 1.22 bits per heavy atom. The maximum atomic E-state index is 13.2. The van der Waals surface area contributed by atoms with Crippen LogP contribution in [0.2, 0.25) is 0 Å². The highest BCUT2D eigenvalue weighted by Gasteiger charge is 2.35. The van der Waals surface area contributed by atoms with E-state index in [1.165, 1.54) is 128 Å². The Bertz CT molecular complexity index is 783. The van der Waals surface area contributed by atoms with Crippen LogP contribution >= 0.6 is 11.8 Å². The number of carbonyl (C=O) groups excluding carboxylic acids is 2. The largest absolute Gasteiger partial charge is 0.465 e. The van der Waals surface area contributed by atoms with E-state index in [1.807, 2.05) is 11.8 Å². The topological polar surface area (TPSA) is 76.1 Å². The number of aliphatic hydroxyl groups excluding tert-OH is 1. The molecular weight excluding hydrogens is 655 g/mol. The summed E-state index contributed by atoms with van der Waals surface area (Å²) in [5.74, 6) is 1.64. The van der Waals surface area contributed by atoms with Crippen LogP contribution in [0, 0.1) is 11.8 Å². The van der Waals surface area contributed by atoms with E-state index < -0.39 is 0 Å². The second-order valence-corrected chi connectivity index (χ2v) is 17.0. The van der Waals surface area contributed by atoms with Crippen LogP contribution < -0.4 is 0 Å². The monoisotopic (exact) mass is 740 g/mol. The van der Waals surface area contributed by atoms with Gasteiger partial charge in [0.05, 0.1) is 19.1 Å². The normalized spacial score (nSPS) is 17.1. The minimum absolute atomic E-state index is 0.00667. The van der Waals surface area contributed by atoms with Crippen LogP contribution in [0.15, 0.2) is 0 Å². The number of thioether (sulfide) groups is 1. The van der Waals surface area contributed by atoms with Crippen molar-refractivity contribution in [1.82, 2.24) is 4.90 Å². The van der Waals surface area contributed by atoms with Gasteiger partial charge in [0.2, 0.25) is 0 Å². The van der Waals surface area contributed by atoms with Gasteiger partial charge in [0, 0.05) is 31.4 Å². The van der Waals surface area contributed by atoms with Gasteiger partial charge < -0.3 is 19.5 Å². The van der Waals surface area contributed by atoms with Crippen LogP contribution in [0.25, 0.3) is 0 Å². The van der Waals surface area contributed by atoms with E-state index in [-0.39, 0.29) is 24.5 Å². The van der Waals surface area contributed by atoms with Crippen molar-refractivity contribution in [2.24, 2.45) is 11.8 Å². The molecule has 0 aromatic rings. The van der Waals surface area contributed by atoms with Crippen molar-refractivity contribution >= 4 is 23.7 Å². The van der Waals surface area contributed by atoms with E-state index >= 15 is 0 Å². The summed E-state index contributed by atoms with van der Waals surface area (Å²) in [6.45, 7) is 10.9. The van der Waals surface area contributed by atoms with E-state index in [9.17, 15) is 14.7 Å². The number of rotatable bonds is 37. The summed E-state index contributed by atoms with van der Waals surface area (Å²) in [4.78, 5) is 27.9. The number of hydrogen-bond acceptors (Lipinski definition) is 7. The third-order valence-corrected chi connectivity index (χ3v) is 12.3. The lowest BCUT2D eigenvalue weighted by atomic mass is 9.96. The number of nitrogens with zero attached hydrogens (tertiary/aromatic N) is 1. The summed E-state index contributed by atoms with van der Waals surface area (Å²) in [5.41, 5.74) is 0. The molecule has 7 heteroatoms. The minimum atomic E-state index is -0.0163. The van der Waals surface area contributed by atoms with Gasteiger partial charge in [-0.3, -0.25) is 9.59 Å². The standard InChI is InChI=1S/C44H85NO5S/c1-4-7-10-12-13-14-15-16-20-23-27-37-51-42-38-45(33-28-35-46)34-32-41(42)44(48)49-36-26-22-19-17-18-21-25-31-43(47)50-39-40(29-9-6-3)30-24-11-8-5-2/h40-42,46H,4-39H2,1-3H3. The predicted octanol–water partition coefficient (Wildman–Crippen LogP) is 12.1. The fourth-order valence-corrected chi connectivity index (χ4v) is 8.87. The first-order valence-electron chi connectivity index (χ1n) is 22.3. The number of carbonyl (C=O) groups is 2. The van der Waals surface area contributed by atoms with Crippen molar-refractivity contribution in [3.05, 3.63) is 0 Å². The van der Waals surface area contributed by atoms with Crippen LogP contribution in [-0.2, 0) is 19.1 Å². The maximum absolute atomic E-state index is 13.2. The molecule has 0 bridgehead atoms. The van der Waals surface area contributed by atoms with Crippen LogP contribution in [0.5, 0.6) is 0 Å². The average Bonchev–Trinajstić information content (AvgIpc) is 3.14. The number of ether oxygens (including phenoxy) is 2. The summed E-state index contributed by atoms with van der Waals surface area (Å²) in [6.07, 6.45) is 34.6. The molecule has 6 nitrogen and oxygen atoms in total. The molecular formula is C44H85NO5S. The highest BCUT2D eigenvalue weighted by Crippen LogP contribution is 2.30. The zero-order valence-corrected chi connectivity index (χ0v) is 34.9.